The molecule has 43 heavy (non-hydrogen) atoms. The molecule has 3 unspecified atom stereocenters. The number of halogens is 3. The fraction of sp³-hybridized carbons (Fsp3) is 0.484. The topological polar surface area (TPSA) is 82.8 Å². The second kappa shape index (κ2) is 13.1. The number of thioether (sulfide) groups is 1. The number of carbonyl (C=O) groups excluding carboxylic acids is 2. The first kappa shape index (κ1) is 32.5. The normalized spacial score (nSPS) is 18.6. The molecule has 0 saturated carbocycles. The van der Waals surface area contributed by atoms with Crippen LogP contribution in [0.4, 0.5) is 19.1 Å². The largest absolute Gasteiger partial charge is 0.416 e. The van der Waals surface area contributed by atoms with Crippen LogP contribution in [0.2, 0.25) is 0 Å². The van der Waals surface area contributed by atoms with Gasteiger partial charge in [0.1, 0.15) is 6.04 Å². The molecule has 12 heteroatoms. The number of nitrogens with zero attached hydrogens (tertiary/aromatic N) is 5. The minimum Gasteiger partial charge on any atom is -0.347 e. The van der Waals surface area contributed by atoms with E-state index in [1.54, 1.807) is 42.9 Å². The van der Waals surface area contributed by atoms with Gasteiger partial charge in [-0.2, -0.15) is 13.2 Å². The van der Waals surface area contributed by atoms with E-state index in [1.807, 2.05) is 35.0 Å². The zero-order valence-corrected chi connectivity index (χ0v) is 26.4. The van der Waals surface area contributed by atoms with E-state index in [4.69, 9.17) is 4.99 Å². The van der Waals surface area contributed by atoms with Gasteiger partial charge in [0.15, 0.2) is 0 Å². The summed E-state index contributed by atoms with van der Waals surface area (Å²) in [5.41, 5.74) is 1.86. The number of nitrogens with one attached hydrogen (secondary N) is 1. The van der Waals surface area contributed by atoms with Gasteiger partial charge in [-0.1, -0.05) is 31.7 Å². The highest BCUT2D eigenvalue weighted by molar-refractivity contribution is 8.14. The molecule has 1 aliphatic heterocycles. The van der Waals surface area contributed by atoms with Crippen molar-refractivity contribution in [1.29, 1.82) is 0 Å². The molecule has 3 atom stereocenters. The molecule has 1 aliphatic rings. The Morgan fingerprint density at radius 2 is 1.79 bits per heavy atom. The smallest absolute Gasteiger partial charge is 0.347 e. The number of aliphatic imine (C=N–C) groups is 1. The summed E-state index contributed by atoms with van der Waals surface area (Å²) in [6.45, 7) is 4.90. The number of unbranched alkanes of at least 4 members (excludes halogenated alkanes) is 1. The fourth-order valence-corrected chi connectivity index (χ4v) is 6.40. The van der Waals surface area contributed by atoms with Crippen molar-refractivity contribution in [2.24, 2.45) is 18.0 Å². The maximum Gasteiger partial charge on any atom is 0.416 e. The van der Waals surface area contributed by atoms with Crippen LogP contribution in [0.5, 0.6) is 0 Å². The number of alkyl halides is 3. The number of aryl methyl sites for hydroxylation is 1. The summed E-state index contributed by atoms with van der Waals surface area (Å²) in [5, 5.41) is 3.58. The number of imidazole rings is 1. The van der Waals surface area contributed by atoms with E-state index in [-0.39, 0.29) is 23.7 Å². The summed E-state index contributed by atoms with van der Waals surface area (Å²) in [7, 11) is 9.15. The number of hydrogen-bond donors (Lipinski definition) is 1. The maximum atomic E-state index is 13.4. The van der Waals surface area contributed by atoms with Gasteiger partial charge in [-0.25, -0.2) is 9.98 Å². The third-order valence-corrected chi connectivity index (χ3v) is 9.15. The van der Waals surface area contributed by atoms with Crippen LogP contribution in [0.1, 0.15) is 60.5 Å². The summed E-state index contributed by atoms with van der Waals surface area (Å²) in [4.78, 5) is 39.6. The molecule has 0 bridgehead atoms. The van der Waals surface area contributed by atoms with Crippen LogP contribution < -0.4 is 5.32 Å². The van der Waals surface area contributed by atoms with E-state index >= 15 is 0 Å². The lowest BCUT2D eigenvalue weighted by atomic mass is 9.88. The van der Waals surface area contributed by atoms with Crippen molar-refractivity contribution >= 4 is 45.6 Å². The zero-order chi connectivity index (χ0) is 31.6. The highest BCUT2D eigenvalue weighted by Crippen LogP contribution is 2.45. The molecule has 0 spiro atoms. The molecule has 2 amide bonds. The number of benzene rings is 2. The molecule has 0 radical (unpaired) electrons. The lowest BCUT2D eigenvalue weighted by molar-refractivity contribution is -0.137. The molecule has 232 valence electrons. The molecule has 1 N–H and O–H groups in total. The molecule has 3 aromatic rings. The van der Waals surface area contributed by atoms with Crippen molar-refractivity contribution in [2.75, 3.05) is 34.7 Å². The quantitative estimate of drug-likeness (QED) is 0.295. The predicted octanol–water partition coefficient (Wildman–Crippen LogP) is 6.09. The maximum absolute atomic E-state index is 13.4. The van der Waals surface area contributed by atoms with Gasteiger partial charge in [-0.3, -0.25) is 9.59 Å². The standard InChI is InChI=1S/C31H39F3N6O2S/c1-18-19(2)28(43-26-17-21(31(32,33)34)12-13-22(18)26)37-30-36-24-16-20(11-14-25(24)40(30)7)27(41)35-23(29(42)39(5)6)10-8-9-15-38(3)4/h11-14,16-19,23H,8-10,15H2,1-7H3,(H,35,41). The molecule has 0 fully saturated rings. The number of amides is 2. The Morgan fingerprint density at radius 3 is 2.44 bits per heavy atom. The average Bonchev–Trinajstić information content (AvgIpc) is 3.25. The van der Waals surface area contributed by atoms with E-state index in [1.165, 1.54) is 22.7 Å². The molecular weight excluding hydrogens is 577 g/mol. The second-order valence-electron chi connectivity index (χ2n) is 11.6. The SMILES string of the molecule is CC1C(=Nc2nc3cc(C(=O)NC(CCCCN(C)C)C(=O)N(C)C)ccc3n2C)Sc2cc(C(F)(F)F)ccc2C1C. The van der Waals surface area contributed by atoms with Gasteiger partial charge in [0.25, 0.3) is 5.91 Å². The number of likely N-dealkylation sites (N-methyl/N-ethyl adjacent to an activating group) is 1. The van der Waals surface area contributed by atoms with E-state index in [0.29, 0.717) is 33.4 Å². The Balaban J connectivity index is 1.57. The molecule has 1 aromatic heterocycles. The summed E-state index contributed by atoms with van der Waals surface area (Å²) in [6, 6.07) is 8.38. The third kappa shape index (κ3) is 7.41. The van der Waals surface area contributed by atoms with Gasteiger partial charge in [-0.05, 0) is 81.7 Å². The van der Waals surface area contributed by atoms with Gasteiger partial charge in [0.05, 0.1) is 21.6 Å². The highest BCUT2D eigenvalue weighted by atomic mass is 32.2. The van der Waals surface area contributed by atoms with Crippen molar-refractivity contribution < 1.29 is 22.8 Å². The minimum absolute atomic E-state index is 0.0250. The molecule has 4 rings (SSSR count). The summed E-state index contributed by atoms with van der Waals surface area (Å²) >= 11 is 1.24. The van der Waals surface area contributed by atoms with E-state index in [2.05, 4.69) is 15.2 Å². The van der Waals surface area contributed by atoms with Gasteiger partial charge in [0.2, 0.25) is 11.9 Å². The van der Waals surface area contributed by atoms with Crippen LogP contribution in [-0.2, 0) is 18.0 Å². The first-order valence-corrected chi connectivity index (χ1v) is 15.1. The number of carbonyl (C=O) groups is 2. The Bertz CT molecular complexity index is 1530. The molecule has 0 saturated heterocycles. The number of aromatic nitrogens is 2. The van der Waals surface area contributed by atoms with Gasteiger partial charge >= 0.3 is 6.18 Å². The van der Waals surface area contributed by atoms with Crippen molar-refractivity contribution in [2.45, 2.75) is 56.1 Å². The Hall–Kier alpha value is -3.38. The van der Waals surface area contributed by atoms with Crippen molar-refractivity contribution in [1.82, 2.24) is 24.7 Å². The molecule has 8 nitrogen and oxygen atoms in total. The monoisotopic (exact) mass is 616 g/mol. The molecule has 2 heterocycles. The van der Waals surface area contributed by atoms with Crippen LogP contribution in [0, 0.1) is 5.92 Å². The van der Waals surface area contributed by atoms with Gasteiger partial charge < -0.3 is 19.7 Å². The first-order chi connectivity index (χ1) is 20.2. The van der Waals surface area contributed by atoms with Gasteiger partial charge in [0, 0.05) is 37.5 Å². The van der Waals surface area contributed by atoms with Crippen molar-refractivity contribution in [3.8, 4) is 0 Å². The Labute approximate surface area is 254 Å². The Kier molecular flexibility index (Phi) is 9.90. The highest BCUT2D eigenvalue weighted by Gasteiger charge is 2.35. The van der Waals surface area contributed by atoms with Crippen LogP contribution >= 0.6 is 11.8 Å². The summed E-state index contributed by atoms with van der Waals surface area (Å²) < 4.78 is 41.9. The van der Waals surface area contributed by atoms with Crippen molar-refractivity contribution in [3.63, 3.8) is 0 Å². The number of hydrogen-bond acceptors (Lipinski definition) is 6. The number of rotatable bonds is 9. The van der Waals surface area contributed by atoms with Crippen LogP contribution in [-0.4, -0.2) is 77.0 Å². The van der Waals surface area contributed by atoms with Crippen LogP contribution in [0.3, 0.4) is 0 Å². The van der Waals surface area contributed by atoms with Gasteiger partial charge in [-0.15, -0.1) is 0 Å². The predicted molar refractivity (Wildman–Crippen MR) is 165 cm³/mol. The fourth-order valence-electron chi connectivity index (χ4n) is 5.10. The molecule has 2 aromatic carbocycles. The van der Waals surface area contributed by atoms with Crippen molar-refractivity contribution in [3.05, 3.63) is 53.1 Å². The van der Waals surface area contributed by atoms with Crippen LogP contribution in [0.25, 0.3) is 11.0 Å². The van der Waals surface area contributed by atoms with Crippen LogP contribution in [0.15, 0.2) is 46.3 Å². The first-order valence-electron chi connectivity index (χ1n) is 14.3. The molecular formula is C31H39F3N6O2S. The lowest BCUT2D eigenvalue weighted by Gasteiger charge is -2.30. The van der Waals surface area contributed by atoms with E-state index in [0.717, 1.165) is 36.5 Å². The minimum atomic E-state index is -4.42. The average molecular weight is 617 g/mol. The van der Waals surface area contributed by atoms with E-state index in [9.17, 15) is 22.8 Å². The number of fused-ring (bicyclic) bond motifs is 2. The molecule has 0 aliphatic carbocycles. The zero-order valence-electron chi connectivity index (χ0n) is 25.6. The lowest BCUT2D eigenvalue weighted by Crippen LogP contribution is -2.46. The van der Waals surface area contributed by atoms with E-state index < -0.39 is 17.8 Å². The third-order valence-electron chi connectivity index (χ3n) is 7.91. The summed E-state index contributed by atoms with van der Waals surface area (Å²) in [5.74, 6) is -0.184. The second-order valence-corrected chi connectivity index (χ2v) is 12.7. The summed E-state index contributed by atoms with van der Waals surface area (Å²) in [6.07, 6.45) is -2.18. The Morgan fingerprint density at radius 1 is 1.07 bits per heavy atom.